The molecular weight excluding hydrogens is 381 g/mol. The summed E-state index contributed by atoms with van der Waals surface area (Å²) < 4.78 is 41.9. The molecule has 3 rings (SSSR count). The zero-order valence-corrected chi connectivity index (χ0v) is 16.1. The van der Waals surface area contributed by atoms with Crippen molar-refractivity contribution in [1.29, 1.82) is 0 Å². The monoisotopic (exact) mass is 408 g/mol. The van der Waals surface area contributed by atoms with E-state index in [2.05, 4.69) is 15.0 Å². The minimum absolute atomic E-state index is 0. The van der Waals surface area contributed by atoms with Crippen LogP contribution in [-0.2, 0) is 0 Å². The molecule has 0 amide bonds. The highest BCUT2D eigenvalue weighted by Gasteiger charge is 2.40. The van der Waals surface area contributed by atoms with Crippen molar-refractivity contribution in [2.45, 2.75) is 50.0 Å². The van der Waals surface area contributed by atoms with Gasteiger partial charge in [0.05, 0.1) is 5.60 Å². The standard InChI is InChI=1S/C19H27F3N2O2.ClH/c20-19(21,22)26-16-6-4-5-15(13-16)17(14-24-11-9-23-10-12-24)18(25)7-2-1-3-8-18;/h4-6,13,17,23,25H,1-3,7-12,14H2;1H. The molecule has 2 N–H and O–H groups in total. The van der Waals surface area contributed by atoms with Crippen molar-refractivity contribution in [1.82, 2.24) is 10.2 Å². The summed E-state index contributed by atoms with van der Waals surface area (Å²) in [5.41, 5.74) is -0.158. The van der Waals surface area contributed by atoms with Crippen molar-refractivity contribution in [3.63, 3.8) is 0 Å². The number of nitrogens with one attached hydrogen (secondary N) is 1. The average molecular weight is 409 g/mol. The largest absolute Gasteiger partial charge is 0.573 e. The van der Waals surface area contributed by atoms with Crippen molar-refractivity contribution in [2.24, 2.45) is 0 Å². The molecule has 0 spiro atoms. The van der Waals surface area contributed by atoms with Gasteiger partial charge in [-0.1, -0.05) is 31.4 Å². The normalized spacial score (nSPS) is 21.9. The highest BCUT2D eigenvalue weighted by molar-refractivity contribution is 5.85. The highest BCUT2D eigenvalue weighted by Crippen LogP contribution is 2.41. The van der Waals surface area contributed by atoms with Crippen LogP contribution in [0.2, 0.25) is 0 Å². The maximum absolute atomic E-state index is 12.6. The molecule has 154 valence electrons. The maximum atomic E-state index is 12.6. The zero-order chi connectivity index (χ0) is 18.6. The molecule has 0 radical (unpaired) electrons. The molecule has 0 bridgehead atoms. The van der Waals surface area contributed by atoms with Crippen molar-refractivity contribution < 1.29 is 23.0 Å². The first-order valence-corrected chi connectivity index (χ1v) is 9.37. The fourth-order valence-electron chi connectivity index (χ4n) is 4.18. The van der Waals surface area contributed by atoms with Gasteiger partial charge in [-0.15, -0.1) is 25.6 Å². The lowest BCUT2D eigenvalue weighted by molar-refractivity contribution is -0.274. The molecule has 27 heavy (non-hydrogen) atoms. The lowest BCUT2D eigenvalue weighted by atomic mass is 9.72. The minimum atomic E-state index is -4.71. The Labute approximate surface area is 164 Å². The van der Waals surface area contributed by atoms with Crippen LogP contribution >= 0.6 is 12.4 Å². The smallest absolute Gasteiger partial charge is 0.406 e. The molecular formula is C19H28ClF3N2O2. The van der Waals surface area contributed by atoms with Crippen LogP contribution in [0.1, 0.15) is 43.6 Å². The SMILES string of the molecule is Cl.OC1(C(CN2CCNCC2)c2cccc(OC(F)(F)F)c2)CCCCC1. The third-order valence-electron chi connectivity index (χ3n) is 5.51. The molecule has 1 saturated heterocycles. The molecule has 2 aliphatic rings. The summed E-state index contributed by atoms with van der Waals surface area (Å²) in [4.78, 5) is 2.28. The molecule has 1 atom stereocenters. The molecule has 1 aromatic rings. The van der Waals surface area contributed by atoms with Gasteiger partial charge in [-0.3, -0.25) is 0 Å². The Morgan fingerprint density at radius 3 is 2.44 bits per heavy atom. The first-order chi connectivity index (χ1) is 12.4. The van der Waals surface area contributed by atoms with Crippen molar-refractivity contribution in [3.05, 3.63) is 29.8 Å². The van der Waals surface area contributed by atoms with Crippen LogP contribution < -0.4 is 10.1 Å². The first kappa shape index (κ1) is 22.3. The number of ether oxygens (including phenoxy) is 1. The maximum Gasteiger partial charge on any atom is 0.573 e. The van der Waals surface area contributed by atoms with Gasteiger partial charge in [-0.25, -0.2) is 0 Å². The van der Waals surface area contributed by atoms with Gasteiger partial charge >= 0.3 is 6.36 Å². The number of hydrogen-bond donors (Lipinski definition) is 2. The van der Waals surface area contributed by atoms with Gasteiger partial charge < -0.3 is 20.1 Å². The predicted octanol–water partition coefficient (Wildman–Crippen LogP) is 3.69. The fraction of sp³-hybridized carbons (Fsp3) is 0.684. The summed E-state index contributed by atoms with van der Waals surface area (Å²) in [5.74, 6) is -0.447. The summed E-state index contributed by atoms with van der Waals surface area (Å²) in [5, 5.41) is 14.6. The first-order valence-electron chi connectivity index (χ1n) is 9.37. The molecule has 1 aromatic carbocycles. The van der Waals surface area contributed by atoms with E-state index in [0.29, 0.717) is 19.4 Å². The van der Waals surface area contributed by atoms with E-state index in [1.165, 1.54) is 12.1 Å². The van der Waals surface area contributed by atoms with Gasteiger partial charge in [-0.2, -0.15) is 0 Å². The van der Waals surface area contributed by atoms with Gasteiger partial charge in [0.25, 0.3) is 0 Å². The number of benzene rings is 1. The van der Waals surface area contributed by atoms with Gasteiger partial charge in [0, 0.05) is 38.6 Å². The number of piperazine rings is 1. The van der Waals surface area contributed by atoms with Gasteiger partial charge in [-0.05, 0) is 30.5 Å². The van der Waals surface area contributed by atoms with Crippen molar-refractivity contribution >= 4 is 12.4 Å². The van der Waals surface area contributed by atoms with Gasteiger partial charge in [0.2, 0.25) is 0 Å². The number of alkyl halides is 3. The van der Waals surface area contributed by atoms with E-state index >= 15 is 0 Å². The van der Waals surface area contributed by atoms with Crippen LogP contribution in [0.4, 0.5) is 13.2 Å². The number of nitrogens with zero attached hydrogens (tertiary/aromatic N) is 1. The van der Waals surface area contributed by atoms with Crippen LogP contribution in [0.25, 0.3) is 0 Å². The van der Waals surface area contributed by atoms with E-state index in [4.69, 9.17) is 0 Å². The molecule has 1 unspecified atom stereocenters. The summed E-state index contributed by atoms with van der Waals surface area (Å²) >= 11 is 0. The number of rotatable bonds is 5. The number of aliphatic hydroxyl groups is 1. The fourth-order valence-corrected chi connectivity index (χ4v) is 4.18. The Hall–Kier alpha value is -1.02. The Bertz CT molecular complexity index is 589. The Balaban J connectivity index is 0.00000261. The van der Waals surface area contributed by atoms with E-state index in [0.717, 1.165) is 51.0 Å². The highest BCUT2D eigenvalue weighted by atomic mass is 35.5. The number of hydrogen-bond acceptors (Lipinski definition) is 4. The lowest BCUT2D eigenvalue weighted by Gasteiger charge is -2.42. The summed E-state index contributed by atoms with van der Waals surface area (Å²) in [6.45, 7) is 4.19. The summed E-state index contributed by atoms with van der Waals surface area (Å²) in [6.07, 6.45) is -0.336. The second-order valence-corrected chi connectivity index (χ2v) is 7.39. The minimum Gasteiger partial charge on any atom is -0.406 e. The molecule has 1 aliphatic heterocycles. The van der Waals surface area contributed by atoms with E-state index < -0.39 is 12.0 Å². The summed E-state index contributed by atoms with van der Waals surface area (Å²) in [6, 6.07) is 6.13. The Morgan fingerprint density at radius 1 is 1.15 bits per heavy atom. The third-order valence-corrected chi connectivity index (χ3v) is 5.51. The second-order valence-electron chi connectivity index (χ2n) is 7.39. The zero-order valence-electron chi connectivity index (χ0n) is 15.3. The quantitative estimate of drug-likeness (QED) is 0.780. The van der Waals surface area contributed by atoms with Crippen molar-refractivity contribution in [3.8, 4) is 5.75 Å². The molecule has 1 aliphatic carbocycles. The summed E-state index contributed by atoms with van der Waals surface area (Å²) in [7, 11) is 0. The topological polar surface area (TPSA) is 44.7 Å². The second kappa shape index (κ2) is 9.45. The number of halogens is 4. The third kappa shape index (κ3) is 6.24. The van der Waals surface area contributed by atoms with Crippen LogP contribution in [0.15, 0.2) is 24.3 Å². The molecule has 0 aromatic heterocycles. The Kier molecular flexibility index (Phi) is 7.80. The van der Waals surface area contributed by atoms with Crippen LogP contribution in [0.3, 0.4) is 0 Å². The lowest BCUT2D eigenvalue weighted by Crippen LogP contribution is -2.49. The van der Waals surface area contributed by atoms with Crippen LogP contribution in [-0.4, -0.2) is 54.7 Å². The molecule has 4 nitrogen and oxygen atoms in total. The molecule has 2 fully saturated rings. The molecule has 1 saturated carbocycles. The van der Waals surface area contributed by atoms with Crippen LogP contribution in [0, 0.1) is 0 Å². The van der Waals surface area contributed by atoms with E-state index in [-0.39, 0.29) is 24.1 Å². The molecule has 8 heteroatoms. The van der Waals surface area contributed by atoms with E-state index in [1.807, 2.05) is 6.07 Å². The van der Waals surface area contributed by atoms with Gasteiger partial charge in [0.15, 0.2) is 0 Å². The Morgan fingerprint density at radius 2 is 1.81 bits per heavy atom. The van der Waals surface area contributed by atoms with E-state index in [9.17, 15) is 18.3 Å². The van der Waals surface area contributed by atoms with Gasteiger partial charge in [0.1, 0.15) is 5.75 Å². The van der Waals surface area contributed by atoms with Crippen molar-refractivity contribution in [2.75, 3.05) is 32.7 Å². The predicted molar refractivity (Wildman–Crippen MR) is 100 cm³/mol. The van der Waals surface area contributed by atoms with E-state index in [1.54, 1.807) is 6.07 Å². The molecule has 1 heterocycles. The average Bonchev–Trinajstić information content (AvgIpc) is 2.60. The van der Waals surface area contributed by atoms with Crippen LogP contribution in [0.5, 0.6) is 5.75 Å².